The molecule has 8 heteroatoms. The van der Waals surface area contributed by atoms with E-state index in [9.17, 15) is 8.42 Å². The van der Waals surface area contributed by atoms with Gasteiger partial charge in [-0.15, -0.1) is 0 Å². The van der Waals surface area contributed by atoms with Crippen molar-refractivity contribution in [3.05, 3.63) is 18.0 Å². The van der Waals surface area contributed by atoms with Crippen LogP contribution in [-0.4, -0.2) is 23.2 Å². The van der Waals surface area contributed by atoms with Gasteiger partial charge in [-0.05, 0) is 13.0 Å². The lowest BCUT2D eigenvalue weighted by molar-refractivity contribution is 0.603. The fourth-order valence-corrected chi connectivity index (χ4v) is 1.97. The van der Waals surface area contributed by atoms with Crippen molar-refractivity contribution in [1.29, 1.82) is 0 Å². The molecule has 86 valence electrons. The average molecular weight is 241 g/mol. The van der Waals surface area contributed by atoms with E-state index in [1.165, 1.54) is 6.20 Å². The zero-order chi connectivity index (χ0) is 11.9. The third-order valence-electron chi connectivity index (χ3n) is 2.12. The van der Waals surface area contributed by atoms with E-state index >= 15 is 0 Å². The quantitative estimate of drug-likeness (QED) is 0.765. The smallest absolute Gasteiger partial charge is 0.270 e. The van der Waals surface area contributed by atoms with E-state index in [0.29, 0.717) is 11.3 Å². The monoisotopic (exact) mass is 241 g/mol. The number of hydrogen-bond donors (Lipinski definition) is 2. The number of rotatable bonds is 2. The predicted octanol–water partition coefficient (Wildman–Crippen LogP) is -0.108. The molecule has 2 aromatic rings. The van der Waals surface area contributed by atoms with Crippen LogP contribution in [0, 0.1) is 6.92 Å². The van der Waals surface area contributed by atoms with Crippen LogP contribution in [0.3, 0.4) is 0 Å². The van der Waals surface area contributed by atoms with E-state index < -0.39 is 10.2 Å². The van der Waals surface area contributed by atoms with Gasteiger partial charge in [0.05, 0.1) is 17.6 Å². The number of nitrogens with two attached hydrogens (primary N) is 1. The Balaban J connectivity index is 2.56. The van der Waals surface area contributed by atoms with Gasteiger partial charge in [0.1, 0.15) is 0 Å². The summed E-state index contributed by atoms with van der Waals surface area (Å²) in [5, 5.41) is 9.83. The molecule has 0 aliphatic rings. The molecule has 7 nitrogen and oxygen atoms in total. The number of nitrogens with one attached hydrogen (secondary N) is 1. The number of hydrogen-bond acceptors (Lipinski definition) is 4. The van der Waals surface area contributed by atoms with Gasteiger partial charge in [-0.3, -0.25) is 9.40 Å². The highest BCUT2D eigenvalue weighted by molar-refractivity contribution is 7.90. The third kappa shape index (κ3) is 1.97. The van der Waals surface area contributed by atoms with Crippen LogP contribution in [0.4, 0.5) is 5.69 Å². The predicted molar refractivity (Wildman–Crippen MR) is 60.0 cm³/mol. The molecule has 0 unspecified atom stereocenters. The molecule has 16 heavy (non-hydrogen) atoms. The van der Waals surface area contributed by atoms with E-state index in [1.54, 1.807) is 17.8 Å². The first-order valence-corrected chi connectivity index (χ1v) is 6.01. The lowest BCUT2D eigenvalue weighted by atomic mass is 10.3. The van der Waals surface area contributed by atoms with Gasteiger partial charge in [0.25, 0.3) is 10.2 Å². The lowest BCUT2D eigenvalue weighted by Gasteiger charge is -2.02. The first kappa shape index (κ1) is 10.8. The highest BCUT2D eigenvalue weighted by atomic mass is 32.2. The number of nitrogens with zero attached hydrogens (tertiary/aromatic N) is 3. The van der Waals surface area contributed by atoms with E-state index in [4.69, 9.17) is 5.14 Å². The van der Waals surface area contributed by atoms with Gasteiger partial charge in [-0.2, -0.15) is 13.5 Å². The van der Waals surface area contributed by atoms with Crippen molar-refractivity contribution in [3.63, 3.8) is 0 Å². The number of aromatic nitrogens is 3. The Morgan fingerprint density at radius 2 is 2.19 bits per heavy atom. The zero-order valence-corrected chi connectivity index (χ0v) is 9.61. The Labute approximate surface area is 92.5 Å². The molecule has 3 N–H and O–H groups in total. The largest absolute Gasteiger partial charge is 0.296 e. The molecule has 0 saturated carbocycles. The Bertz CT molecular complexity index is 646. The molecule has 0 atom stereocenters. The molecule has 0 bridgehead atoms. The fraction of sp³-hybridized carbons (Fsp3) is 0.250. The van der Waals surface area contributed by atoms with Crippen molar-refractivity contribution in [1.82, 2.24) is 14.8 Å². The molecule has 2 rings (SSSR count). The summed E-state index contributed by atoms with van der Waals surface area (Å²) in [6, 6.07) is 1.65. The van der Waals surface area contributed by atoms with Gasteiger partial charge in [0, 0.05) is 12.4 Å². The molecule has 0 aromatic carbocycles. The normalized spacial score (nSPS) is 11.9. The first-order valence-electron chi connectivity index (χ1n) is 4.47. The highest BCUT2D eigenvalue weighted by Gasteiger charge is 2.09. The summed E-state index contributed by atoms with van der Waals surface area (Å²) in [6.45, 7) is 1.82. The maximum atomic E-state index is 10.8. The molecule has 0 aliphatic carbocycles. The average Bonchev–Trinajstić information content (AvgIpc) is 2.40. The van der Waals surface area contributed by atoms with Gasteiger partial charge >= 0.3 is 0 Å². The third-order valence-corrected chi connectivity index (χ3v) is 2.64. The summed E-state index contributed by atoms with van der Waals surface area (Å²) in [5.74, 6) is 0. The second kappa shape index (κ2) is 3.42. The van der Waals surface area contributed by atoms with Crippen LogP contribution in [-0.2, 0) is 17.3 Å². The molecule has 0 aliphatic heterocycles. The summed E-state index contributed by atoms with van der Waals surface area (Å²) >= 11 is 0. The van der Waals surface area contributed by atoms with Gasteiger partial charge in [0.2, 0.25) is 0 Å². The molecule has 0 radical (unpaired) electrons. The van der Waals surface area contributed by atoms with Crippen molar-refractivity contribution in [2.45, 2.75) is 6.92 Å². The van der Waals surface area contributed by atoms with Gasteiger partial charge < -0.3 is 0 Å². The number of fused-ring (bicyclic) bond motifs is 1. The Morgan fingerprint density at radius 3 is 2.81 bits per heavy atom. The minimum absolute atomic E-state index is 0.325. The van der Waals surface area contributed by atoms with E-state index in [2.05, 4.69) is 14.8 Å². The summed E-state index contributed by atoms with van der Waals surface area (Å²) in [7, 11) is -2.00. The number of aryl methyl sites for hydroxylation is 2. The van der Waals surface area contributed by atoms with Gasteiger partial charge in [0.15, 0.2) is 5.65 Å². The summed E-state index contributed by atoms with van der Waals surface area (Å²) in [5.41, 5.74) is 1.80. The summed E-state index contributed by atoms with van der Waals surface area (Å²) < 4.78 is 25.5. The topological polar surface area (TPSA) is 103 Å². The number of pyridine rings is 1. The minimum atomic E-state index is -3.77. The zero-order valence-electron chi connectivity index (χ0n) is 8.80. The standard InChI is InChI=1S/C8H11N5O2S/c1-5-7-3-6(12-16(9,14)15)4-10-8(7)13(2)11-5/h3-4,12H,1-2H3,(H2,9,14,15). The molecular formula is C8H11N5O2S. The van der Waals surface area contributed by atoms with Crippen LogP contribution in [0.15, 0.2) is 12.3 Å². The Kier molecular flexibility index (Phi) is 2.32. The maximum absolute atomic E-state index is 10.8. The van der Waals surface area contributed by atoms with Gasteiger partial charge in [-0.1, -0.05) is 0 Å². The minimum Gasteiger partial charge on any atom is -0.270 e. The molecule has 0 fully saturated rings. The first-order chi connectivity index (χ1) is 7.37. The molecule has 2 aromatic heterocycles. The van der Waals surface area contributed by atoms with Crippen LogP contribution in [0.2, 0.25) is 0 Å². The lowest BCUT2D eigenvalue weighted by Crippen LogP contribution is -2.21. The molecule has 0 spiro atoms. The molecule has 0 saturated heterocycles. The van der Waals surface area contributed by atoms with E-state index in [1.807, 2.05) is 6.92 Å². The van der Waals surface area contributed by atoms with Crippen LogP contribution in [0.5, 0.6) is 0 Å². The second-order valence-corrected chi connectivity index (χ2v) is 4.75. The van der Waals surface area contributed by atoms with Crippen molar-refractivity contribution in [2.75, 3.05) is 4.72 Å². The SMILES string of the molecule is Cc1nn(C)c2ncc(NS(N)(=O)=O)cc12. The second-order valence-electron chi connectivity index (χ2n) is 3.45. The highest BCUT2D eigenvalue weighted by Crippen LogP contribution is 2.19. The fourth-order valence-electron chi connectivity index (χ4n) is 1.53. The van der Waals surface area contributed by atoms with Gasteiger partial charge in [-0.25, -0.2) is 10.1 Å². The van der Waals surface area contributed by atoms with Crippen molar-refractivity contribution in [3.8, 4) is 0 Å². The van der Waals surface area contributed by atoms with Crippen LogP contribution < -0.4 is 9.86 Å². The van der Waals surface area contributed by atoms with Crippen LogP contribution in [0.25, 0.3) is 11.0 Å². The van der Waals surface area contributed by atoms with Crippen LogP contribution in [0.1, 0.15) is 5.69 Å². The number of anilines is 1. The molecular weight excluding hydrogens is 230 g/mol. The van der Waals surface area contributed by atoms with Crippen LogP contribution >= 0.6 is 0 Å². The summed E-state index contributed by atoms with van der Waals surface area (Å²) in [6.07, 6.45) is 1.40. The van der Waals surface area contributed by atoms with Crippen molar-refractivity contribution in [2.24, 2.45) is 12.2 Å². The Hall–Kier alpha value is -1.67. The molecule has 0 amide bonds. The van der Waals surface area contributed by atoms with E-state index in [-0.39, 0.29) is 0 Å². The Morgan fingerprint density at radius 1 is 1.50 bits per heavy atom. The molecule has 2 heterocycles. The maximum Gasteiger partial charge on any atom is 0.296 e. The summed E-state index contributed by atoms with van der Waals surface area (Å²) in [4.78, 5) is 4.10. The van der Waals surface area contributed by atoms with Crippen molar-refractivity contribution >= 4 is 26.9 Å². The van der Waals surface area contributed by atoms with E-state index in [0.717, 1.165) is 11.1 Å². The van der Waals surface area contributed by atoms with Crippen molar-refractivity contribution < 1.29 is 8.42 Å².